The third kappa shape index (κ3) is 5.10. The van der Waals surface area contributed by atoms with Crippen LogP contribution in [0.1, 0.15) is 31.1 Å². The number of hydrogen-bond acceptors (Lipinski definition) is 3. The van der Waals surface area contributed by atoms with E-state index in [0.717, 1.165) is 16.2 Å². The van der Waals surface area contributed by atoms with Crippen LogP contribution in [0, 0.1) is 0 Å². The lowest BCUT2D eigenvalue weighted by Crippen LogP contribution is -2.40. The van der Waals surface area contributed by atoms with Gasteiger partial charge in [-0.3, -0.25) is 4.79 Å². The van der Waals surface area contributed by atoms with Gasteiger partial charge >= 0.3 is 0 Å². The number of rotatable bonds is 5. The Bertz CT molecular complexity index is 399. The lowest BCUT2D eigenvalue weighted by Gasteiger charge is -2.21. The van der Waals surface area contributed by atoms with Crippen LogP contribution < -0.4 is 5.32 Å². The van der Waals surface area contributed by atoms with Gasteiger partial charge in [0.1, 0.15) is 0 Å². The first-order valence-electron chi connectivity index (χ1n) is 5.97. The van der Waals surface area contributed by atoms with E-state index in [1.165, 1.54) is 0 Å². The maximum Gasteiger partial charge on any atom is 0.252 e. The Hall–Kier alpha value is -1.00. The van der Waals surface area contributed by atoms with Crippen molar-refractivity contribution in [3.8, 4) is 0 Å². The highest BCUT2D eigenvalue weighted by Crippen LogP contribution is 2.22. The minimum atomic E-state index is -0.221. The van der Waals surface area contributed by atoms with Crippen molar-refractivity contribution in [2.24, 2.45) is 0 Å². The molecule has 100 valence electrons. The molecule has 0 aliphatic heterocycles. The Kier molecular flexibility index (Phi) is 5.69. The van der Waals surface area contributed by atoms with E-state index in [0.29, 0.717) is 6.61 Å². The second-order valence-corrected chi connectivity index (χ2v) is 6.18. The molecule has 1 aromatic rings. The van der Waals surface area contributed by atoms with Crippen molar-refractivity contribution in [3.63, 3.8) is 0 Å². The summed E-state index contributed by atoms with van der Waals surface area (Å²) in [6.07, 6.45) is 0. The molecular weight excluding hydrogens is 246 g/mol. The molecule has 3 nitrogen and oxygen atoms in total. The summed E-state index contributed by atoms with van der Waals surface area (Å²) in [6.45, 7) is 6.61. The first-order valence-corrected chi connectivity index (χ1v) is 6.96. The molecular formula is C14H21NO2S. The summed E-state index contributed by atoms with van der Waals surface area (Å²) in [5.74, 6) is 0.819. The van der Waals surface area contributed by atoms with Crippen molar-refractivity contribution < 1.29 is 9.53 Å². The molecule has 0 fully saturated rings. The molecule has 1 aromatic carbocycles. The fourth-order valence-corrected chi connectivity index (χ4v) is 2.38. The minimum Gasteiger partial charge on any atom is -0.384 e. The Morgan fingerprint density at radius 3 is 2.61 bits per heavy atom. The summed E-state index contributed by atoms with van der Waals surface area (Å²) < 4.78 is 5.02. The molecule has 18 heavy (non-hydrogen) atoms. The van der Waals surface area contributed by atoms with Crippen LogP contribution in [-0.4, -0.2) is 30.9 Å². The molecule has 0 radical (unpaired) electrons. The van der Waals surface area contributed by atoms with E-state index in [1.54, 1.807) is 18.9 Å². The highest BCUT2D eigenvalue weighted by molar-refractivity contribution is 7.99. The molecule has 4 heteroatoms. The van der Waals surface area contributed by atoms with E-state index in [9.17, 15) is 4.79 Å². The summed E-state index contributed by atoms with van der Waals surface area (Å²) in [4.78, 5) is 13.2. The molecule has 1 amide bonds. The summed E-state index contributed by atoms with van der Waals surface area (Å²) >= 11 is 1.64. The van der Waals surface area contributed by atoms with Gasteiger partial charge in [0.15, 0.2) is 0 Å². The van der Waals surface area contributed by atoms with Crippen molar-refractivity contribution in [1.82, 2.24) is 5.32 Å². The zero-order chi connectivity index (χ0) is 13.6. The quantitative estimate of drug-likeness (QED) is 0.658. The molecule has 0 aromatic heterocycles. The maximum atomic E-state index is 12.2. The molecule has 0 saturated carbocycles. The minimum absolute atomic E-state index is 0.0250. The number of nitrogens with one attached hydrogen (secondary N) is 1. The summed E-state index contributed by atoms with van der Waals surface area (Å²) in [5, 5.41) is 2.98. The van der Waals surface area contributed by atoms with E-state index < -0.39 is 0 Å². The fourth-order valence-electron chi connectivity index (χ4n) is 1.42. The van der Waals surface area contributed by atoms with E-state index in [2.05, 4.69) is 5.32 Å². The van der Waals surface area contributed by atoms with Crippen LogP contribution in [-0.2, 0) is 4.74 Å². The first kappa shape index (κ1) is 15.1. The number of amides is 1. The molecule has 0 saturated heterocycles. The molecule has 0 atom stereocenters. The lowest BCUT2D eigenvalue weighted by atomic mass is 10.1. The van der Waals surface area contributed by atoms with Crippen LogP contribution >= 0.6 is 11.8 Å². The van der Waals surface area contributed by atoms with Gasteiger partial charge in [-0.15, -0.1) is 11.8 Å². The number of thioether (sulfide) groups is 1. The van der Waals surface area contributed by atoms with Crippen molar-refractivity contribution in [3.05, 3.63) is 29.8 Å². The van der Waals surface area contributed by atoms with Gasteiger partial charge in [-0.1, -0.05) is 12.1 Å². The van der Waals surface area contributed by atoms with Crippen LogP contribution in [0.2, 0.25) is 0 Å². The smallest absolute Gasteiger partial charge is 0.252 e. The number of ether oxygens (including phenoxy) is 1. The number of carbonyl (C=O) groups is 1. The maximum absolute atomic E-state index is 12.2. The fraction of sp³-hybridized carbons (Fsp3) is 0.500. The van der Waals surface area contributed by atoms with Gasteiger partial charge in [-0.05, 0) is 32.9 Å². The monoisotopic (exact) mass is 267 g/mol. The summed E-state index contributed by atoms with van der Waals surface area (Å²) in [6, 6.07) is 7.66. The third-order valence-corrected chi connectivity index (χ3v) is 3.20. The molecule has 1 N–H and O–H groups in total. The van der Waals surface area contributed by atoms with Crippen LogP contribution in [0.4, 0.5) is 0 Å². The SMILES string of the molecule is COCCSc1ccccc1C(=O)NC(C)(C)C. The average molecular weight is 267 g/mol. The zero-order valence-corrected chi connectivity index (χ0v) is 12.3. The van der Waals surface area contributed by atoms with E-state index in [1.807, 2.05) is 45.0 Å². The molecule has 0 heterocycles. The highest BCUT2D eigenvalue weighted by Gasteiger charge is 2.17. The van der Waals surface area contributed by atoms with Crippen molar-refractivity contribution in [2.75, 3.05) is 19.5 Å². The lowest BCUT2D eigenvalue weighted by molar-refractivity contribution is 0.0916. The highest BCUT2D eigenvalue weighted by atomic mass is 32.2. The standard InChI is InChI=1S/C14H21NO2S/c1-14(2,3)15-13(16)11-7-5-6-8-12(11)18-10-9-17-4/h5-8H,9-10H2,1-4H3,(H,15,16). The van der Waals surface area contributed by atoms with Crippen LogP contribution in [0.5, 0.6) is 0 Å². The number of hydrogen-bond donors (Lipinski definition) is 1. The van der Waals surface area contributed by atoms with E-state index >= 15 is 0 Å². The Morgan fingerprint density at radius 1 is 1.33 bits per heavy atom. The van der Waals surface area contributed by atoms with Gasteiger partial charge in [-0.2, -0.15) is 0 Å². The average Bonchev–Trinajstić information content (AvgIpc) is 2.27. The normalized spacial score (nSPS) is 11.3. The predicted octanol–water partition coefficient (Wildman–Crippen LogP) is 2.95. The van der Waals surface area contributed by atoms with Gasteiger partial charge in [0.2, 0.25) is 0 Å². The molecule has 0 aliphatic rings. The number of benzene rings is 1. The van der Waals surface area contributed by atoms with Crippen LogP contribution in [0.3, 0.4) is 0 Å². The van der Waals surface area contributed by atoms with Gasteiger partial charge < -0.3 is 10.1 Å². The summed E-state index contributed by atoms with van der Waals surface area (Å²) in [5.41, 5.74) is 0.509. The Morgan fingerprint density at radius 2 is 2.00 bits per heavy atom. The van der Waals surface area contributed by atoms with Crippen molar-refractivity contribution in [2.45, 2.75) is 31.2 Å². The van der Waals surface area contributed by atoms with Gasteiger partial charge in [0, 0.05) is 23.3 Å². The van der Waals surface area contributed by atoms with Crippen LogP contribution in [0.25, 0.3) is 0 Å². The van der Waals surface area contributed by atoms with E-state index in [-0.39, 0.29) is 11.4 Å². The third-order valence-electron chi connectivity index (χ3n) is 2.17. The van der Waals surface area contributed by atoms with Gasteiger partial charge in [0.05, 0.1) is 12.2 Å². The van der Waals surface area contributed by atoms with Gasteiger partial charge in [-0.25, -0.2) is 0 Å². The first-order chi connectivity index (χ1) is 8.44. The summed E-state index contributed by atoms with van der Waals surface area (Å²) in [7, 11) is 1.68. The second-order valence-electron chi connectivity index (χ2n) is 5.04. The largest absolute Gasteiger partial charge is 0.384 e. The number of carbonyl (C=O) groups excluding carboxylic acids is 1. The van der Waals surface area contributed by atoms with Crippen LogP contribution in [0.15, 0.2) is 29.2 Å². The Balaban J connectivity index is 2.78. The molecule has 1 rings (SSSR count). The molecule has 0 unspecified atom stereocenters. The van der Waals surface area contributed by atoms with Crippen molar-refractivity contribution >= 4 is 17.7 Å². The predicted molar refractivity (Wildman–Crippen MR) is 76.3 cm³/mol. The molecule has 0 bridgehead atoms. The van der Waals surface area contributed by atoms with Crippen molar-refractivity contribution in [1.29, 1.82) is 0 Å². The molecule has 0 aliphatic carbocycles. The zero-order valence-electron chi connectivity index (χ0n) is 11.4. The second kappa shape index (κ2) is 6.81. The van der Waals surface area contributed by atoms with E-state index in [4.69, 9.17) is 4.74 Å². The Labute approximate surface area is 113 Å². The topological polar surface area (TPSA) is 38.3 Å². The number of methoxy groups -OCH3 is 1. The van der Waals surface area contributed by atoms with Gasteiger partial charge in [0.25, 0.3) is 5.91 Å². The molecule has 0 spiro atoms.